The van der Waals surface area contributed by atoms with Gasteiger partial charge in [0.25, 0.3) is 0 Å². The SMILES string of the molecule is C=C(/C=C\C)C(=C)/C=C\C(=N)c1ccc2c(-c3cc4ccccc4c4ccccc34)c3ccccc3c(-c3ccccc3)c2c1. The molecule has 0 unspecified atom stereocenters. The summed E-state index contributed by atoms with van der Waals surface area (Å²) >= 11 is 0. The summed E-state index contributed by atoms with van der Waals surface area (Å²) in [6, 6.07) is 45.6. The molecule has 0 amide bonds. The van der Waals surface area contributed by atoms with Gasteiger partial charge in [-0.15, -0.1) is 0 Å². The summed E-state index contributed by atoms with van der Waals surface area (Å²) in [5, 5.41) is 18.7. The first-order valence-electron chi connectivity index (χ1n) is 15.3. The van der Waals surface area contributed by atoms with E-state index in [9.17, 15) is 0 Å². The van der Waals surface area contributed by atoms with Gasteiger partial charge in [0.2, 0.25) is 0 Å². The lowest BCUT2D eigenvalue weighted by molar-refractivity contribution is 1.49. The quantitative estimate of drug-likeness (QED) is 0.0846. The van der Waals surface area contributed by atoms with Crippen molar-refractivity contribution < 1.29 is 0 Å². The molecular weight excluding hydrogens is 542 g/mol. The molecule has 1 N–H and O–H groups in total. The molecule has 0 fully saturated rings. The molecule has 0 spiro atoms. The number of benzene rings is 7. The van der Waals surface area contributed by atoms with Crippen LogP contribution in [0.25, 0.3) is 65.3 Å². The van der Waals surface area contributed by atoms with E-state index in [1.54, 1.807) is 0 Å². The van der Waals surface area contributed by atoms with Crippen LogP contribution in [0.15, 0.2) is 176 Å². The van der Waals surface area contributed by atoms with E-state index in [2.05, 4.69) is 141 Å². The number of hydrogen-bond acceptors (Lipinski definition) is 1. The van der Waals surface area contributed by atoms with Gasteiger partial charge in [-0.2, -0.15) is 0 Å². The van der Waals surface area contributed by atoms with Crippen molar-refractivity contribution in [1.29, 1.82) is 5.41 Å². The minimum Gasteiger partial charge on any atom is -0.300 e. The summed E-state index contributed by atoms with van der Waals surface area (Å²) in [5.74, 6) is 0. The second-order valence-electron chi connectivity index (χ2n) is 11.4. The second-order valence-corrected chi connectivity index (χ2v) is 11.4. The van der Waals surface area contributed by atoms with Gasteiger partial charge in [0.05, 0.1) is 5.71 Å². The van der Waals surface area contributed by atoms with Gasteiger partial charge < -0.3 is 5.41 Å². The van der Waals surface area contributed by atoms with Gasteiger partial charge in [0, 0.05) is 5.56 Å². The highest BCUT2D eigenvalue weighted by Gasteiger charge is 2.19. The van der Waals surface area contributed by atoms with Gasteiger partial charge in [-0.3, -0.25) is 0 Å². The van der Waals surface area contributed by atoms with Crippen molar-refractivity contribution in [3.05, 3.63) is 182 Å². The Labute approximate surface area is 264 Å². The Morgan fingerprint density at radius 3 is 1.82 bits per heavy atom. The fourth-order valence-corrected chi connectivity index (χ4v) is 6.51. The zero-order chi connectivity index (χ0) is 30.9. The molecule has 0 saturated carbocycles. The molecule has 214 valence electrons. The molecular formula is C44H33N. The van der Waals surface area contributed by atoms with E-state index < -0.39 is 0 Å². The Bertz CT molecular complexity index is 2370. The summed E-state index contributed by atoms with van der Waals surface area (Å²) in [6.07, 6.45) is 7.57. The summed E-state index contributed by atoms with van der Waals surface area (Å²) in [4.78, 5) is 0. The van der Waals surface area contributed by atoms with E-state index in [0.29, 0.717) is 5.71 Å². The van der Waals surface area contributed by atoms with Crippen LogP contribution in [-0.2, 0) is 0 Å². The average molecular weight is 576 g/mol. The van der Waals surface area contributed by atoms with Crippen LogP contribution >= 0.6 is 0 Å². The van der Waals surface area contributed by atoms with E-state index in [0.717, 1.165) is 27.7 Å². The monoisotopic (exact) mass is 575 g/mol. The Morgan fingerprint density at radius 2 is 1.09 bits per heavy atom. The van der Waals surface area contributed by atoms with Crippen molar-refractivity contribution in [3.63, 3.8) is 0 Å². The molecule has 0 aromatic heterocycles. The summed E-state index contributed by atoms with van der Waals surface area (Å²) in [5.41, 5.74) is 7.67. The van der Waals surface area contributed by atoms with Crippen LogP contribution in [0.2, 0.25) is 0 Å². The number of nitrogens with one attached hydrogen (secondary N) is 1. The molecule has 0 saturated heterocycles. The summed E-state index contributed by atoms with van der Waals surface area (Å²) in [7, 11) is 0. The largest absolute Gasteiger partial charge is 0.300 e. The third kappa shape index (κ3) is 4.99. The first kappa shape index (κ1) is 28.0. The van der Waals surface area contributed by atoms with Crippen molar-refractivity contribution in [2.24, 2.45) is 0 Å². The third-order valence-electron chi connectivity index (χ3n) is 8.67. The topological polar surface area (TPSA) is 23.9 Å². The third-order valence-corrected chi connectivity index (χ3v) is 8.67. The average Bonchev–Trinajstić information content (AvgIpc) is 3.09. The molecule has 1 nitrogen and oxygen atoms in total. The molecule has 0 atom stereocenters. The first-order chi connectivity index (χ1) is 22.0. The predicted octanol–water partition coefficient (Wildman–Crippen LogP) is 12.2. The van der Waals surface area contributed by atoms with Gasteiger partial charge in [-0.05, 0) is 102 Å². The van der Waals surface area contributed by atoms with Crippen LogP contribution in [0, 0.1) is 5.41 Å². The molecule has 45 heavy (non-hydrogen) atoms. The highest BCUT2D eigenvalue weighted by Crippen LogP contribution is 2.46. The van der Waals surface area contributed by atoms with Crippen molar-refractivity contribution in [3.8, 4) is 22.3 Å². The maximum Gasteiger partial charge on any atom is 0.0612 e. The molecule has 7 aromatic rings. The van der Waals surface area contributed by atoms with E-state index in [-0.39, 0.29) is 0 Å². The van der Waals surface area contributed by atoms with E-state index in [4.69, 9.17) is 5.41 Å². The van der Waals surface area contributed by atoms with E-state index in [1.165, 1.54) is 54.4 Å². The predicted molar refractivity (Wildman–Crippen MR) is 196 cm³/mol. The number of allylic oxidation sites excluding steroid dienone is 6. The molecule has 0 radical (unpaired) electrons. The van der Waals surface area contributed by atoms with E-state index >= 15 is 0 Å². The summed E-state index contributed by atoms with van der Waals surface area (Å²) < 4.78 is 0. The van der Waals surface area contributed by atoms with Gasteiger partial charge in [0.15, 0.2) is 0 Å². The smallest absolute Gasteiger partial charge is 0.0612 e. The van der Waals surface area contributed by atoms with Gasteiger partial charge >= 0.3 is 0 Å². The van der Waals surface area contributed by atoms with Crippen molar-refractivity contribution in [2.45, 2.75) is 6.92 Å². The lowest BCUT2D eigenvalue weighted by Gasteiger charge is -2.20. The maximum absolute atomic E-state index is 9.02. The van der Waals surface area contributed by atoms with Crippen molar-refractivity contribution in [2.75, 3.05) is 0 Å². The van der Waals surface area contributed by atoms with Crippen molar-refractivity contribution in [1.82, 2.24) is 0 Å². The van der Waals surface area contributed by atoms with Crippen LogP contribution in [0.5, 0.6) is 0 Å². The van der Waals surface area contributed by atoms with Crippen LogP contribution in [0.3, 0.4) is 0 Å². The molecule has 1 heteroatoms. The minimum atomic E-state index is 0.427. The molecule has 0 heterocycles. The molecule has 0 bridgehead atoms. The van der Waals surface area contributed by atoms with Crippen LogP contribution in [0.1, 0.15) is 12.5 Å². The molecule has 7 rings (SSSR count). The highest BCUT2D eigenvalue weighted by atomic mass is 14.4. The molecule has 0 aliphatic rings. The van der Waals surface area contributed by atoms with Crippen LogP contribution in [0.4, 0.5) is 0 Å². The standard InChI is InChI=1S/C44H33N/c1-4-14-29(2)30(3)23-26-42(45)33-24-25-39-41(28-33)43(31-15-6-5-7-16-31)37-21-12-13-22-38(37)44(39)40-27-32-17-8-9-18-34(32)35-19-10-11-20-36(35)40/h4-28,45H,2-3H2,1H3/b14-4-,26-23-,45-42?. The summed E-state index contributed by atoms with van der Waals surface area (Å²) in [6.45, 7) is 10.2. The number of fused-ring (bicyclic) bond motifs is 5. The molecule has 0 aliphatic carbocycles. The lowest BCUT2D eigenvalue weighted by atomic mass is 9.83. The van der Waals surface area contributed by atoms with Gasteiger partial charge in [-0.1, -0.05) is 147 Å². The zero-order valence-corrected chi connectivity index (χ0v) is 25.3. The maximum atomic E-state index is 9.02. The van der Waals surface area contributed by atoms with Gasteiger partial charge in [-0.25, -0.2) is 0 Å². The van der Waals surface area contributed by atoms with Gasteiger partial charge in [0.1, 0.15) is 0 Å². The number of rotatable bonds is 7. The Balaban J connectivity index is 1.55. The normalized spacial score (nSPS) is 11.8. The first-order valence-corrected chi connectivity index (χ1v) is 15.3. The highest BCUT2D eigenvalue weighted by molar-refractivity contribution is 6.26. The zero-order valence-electron chi connectivity index (χ0n) is 25.3. The van der Waals surface area contributed by atoms with Crippen LogP contribution < -0.4 is 0 Å². The van der Waals surface area contributed by atoms with Crippen LogP contribution in [-0.4, -0.2) is 5.71 Å². The van der Waals surface area contributed by atoms with E-state index in [1.807, 2.05) is 31.2 Å². The lowest BCUT2D eigenvalue weighted by Crippen LogP contribution is -1.97. The fraction of sp³-hybridized carbons (Fsp3) is 0.0227. The molecule has 0 aliphatic heterocycles. The minimum absolute atomic E-state index is 0.427. The second kappa shape index (κ2) is 11.7. The number of hydrogen-bond donors (Lipinski definition) is 1. The molecule has 7 aromatic carbocycles. The Morgan fingerprint density at radius 1 is 0.511 bits per heavy atom. The Hall–Kier alpha value is -5.79. The fourth-order valence-electron chi connectivity index (χ4n) is 6.51. The Kier molecular flexibility index (Phi) is 7.29. The van der Waals surface area contributed by atoms with Crippen molar-refractivity contribution >= 4 is 48.8 Å².